The molecule has 5 heteroatoms. The van der Waals surface area contributed by atoms with E-state index in [9.17, 15) is 4.79 Å². The topological polar surface area (TPSA) is 35.5 Å². The van der Waals surface area contributed by atoms with Crippen molar-refractivity contribution in [1.82, 2.24) is 0 Å². The third-order valence-corrected chi connectivity index (χ3v) is 7.72. The first-order valence-corrected chi connectivity index (χ1v) is 9.61. The summed E-state index contributed by atoms with van der Waals surface area (Å²) in [4.78, 5) is 11.4. The molecular formula is C15H24O3S2. The average Bonchev–Trinajstić information content (AvgIpc) is 3.04. The molecular weight excluding hydrogens is 292 g/mol. The molecule has 3 rings (SSSR count). The molecule has 2 atom stereocenters. The zero-order valence-corrected chi connectivity index (χ0v) is 13.9. The van der Waals surface area contributed by atoms with Gasteiger partial charge < -0.3 is 14.3 Å². The molecule has 0 amide bonds. The molecule has 1 spiro atoms. The Bertz CT molecular complexity index is 356. The van der Waals surface area contributed by atoms with Crippen molar-refractivity contribution < 1.29 is 14.3 Å². The fourth-order valence-corrected chi connectivity index (χ4v) is 6.37. The minimum Gasteiger partial charge on any atom is -0.349 e. The van der Waals surface area contributed by atoms with Crippen LogP contribution in [0.2, 0.25) is 0 Å². The van der Waals surface area contributed by atoms with Crippen LogP contribution >= 0.6 is 23.5 Å². The quantitative estimate of drug-likeness (QED) is 0.747. The van der Waals surface area contributed by atoms with Crippen molar-refractivity contribution in [3.63, 3.8) is 0 Å². The van der Waals surface area contributed by atoms with E-state index >= 15 is 0 Å². The zero-order valence-electron chi connectivity index (χ0n) is 12.3. The summed E-state index contributed by atoms with van der Waals surface area (Å²) in [6.07, 6.45) is 3.96. The van der Waals surface area contributed by atoms with Gasteiger partial charge in [-0.3, -0.25) is 0 Å². The molecule has 0 bridgehead atoms. The van der Waals surface area contributed by atoms with Crippen molar-refractivity contribution in [2.24, 2.45) is 17.3 Å². The van der Waals surface area contributed by atoms with E-state index in [1.165, 1.54) is 11.5 Å². The van der Waals surface area contributed by atoms with Crippen LogP contribution in [0.3, 0.4) is 0 Å². The van der Waals surface area contributed by atoms with Crippen LogP contribution in [-0.2, 0) is 14.3 Å². The number of ether oxygens (including phenoxy) is 2. The molecule has 3 aliphatic rings. The monoisotopic (exact) mass is 316 g/mol. The van der Waals surface area contributed by atoms with Crippen molar-refractivity contribution in [2.45, 2.75) is 43.5 Å². The molecule has 3 nitrogen and oxygen atoms in total. The van der Waals surface area contributed by atoms with Gasteiger partial charge in [-0.1, -0.05) is 13.8 Å². The molecule has 1 aliphatic carbocycles. The summed E-state index contributed by atoms with van der Waals surface area (Å²) in [6.45, 7) is 5.81. The predicted molar refractivity (Wildman–Crippen MR) is 84.0 cm³/mol. The van der Waals surface area contributed by atoms with Gasteiger partial charge >= 0.3 is 0 Å². The Morgan fingerprint density at radius 3 is 2.45 bits per heavy atom. The molecule has 1 saturated carbocycles. The van der Waals surface area contributed by atoms with E-state index in [2.05, 4.69) is 13.8 Å². The van der Waals surface area contributed by atoms with E-state index in [1.54, 1.807) is 0 Å². The first kappa shape index (κ1) is 15.2. The highest BCUT2D eigenvalue weighted by Crippen LogP contribution is 2.51. The zero-order chi connectivity index (χ0) is 14.2. The lowest BCUT2D eigenvalue weighted by atomic mass is 9.88. The maximum Gasteiger partial charge on any atom is 0.171 e. The molecule has 114 valence electrons. The Hall–Kier alpha value is 0.290. The highest BCUT2D eigenvalue weighted by molar-refractivity contribution is 8.20. The summed E-state index contributed by atoms with van der Waals surface area (Å²) in [5, 5.41) is 0. The molecule has 0 aromatic rings. The first-order valence-electron chi connectivity index (χ1n) is 7.51. The third-order valence-electron chi connectivity index (χ3n) is 4.63. The smallest absolute Gasteiger partial charge is 0.171 e. The van der Waals surface area contributed by atoms with Gasteiger partial charge in [-0.25, -0.2) is 0 Å². The highest BCUT2D eigenvalue weighted by Gasteiger charge is 2.54. The van der Waals surface area contributed by atoms with E-state index in [1.807, 2.05) is 23.5 Å². The van der Waals surface area contributed by atoms with Crippen molar-refractivity contribution >= 4 is 29.8 Å². The number of carbonyl (C=O) groups excluding carboxylic acids is 1. The standard InChI is InChI=1S/C15H24O3S2/c1-14(2)9-17-15(18-10-14)4-3-11(8-16)12(15)7-13-19-5-6-20-13/h8,11-13H,3-7,9-10H2,1-2H3. The molecule has 0 aromatic carbocycles. The van der Waals surface area contributed by atoms with Crippen LogP contribution in [0.25, 0.3) is 0 Å². The number of aldehydes is 1. The van der Waals surface area contributed by atoms with Crippen LogP contribution in [0.4, 0.5) is 0 Å². The molecule has 0 radical (unpaired) electrons. The summed E-state index contributed by atoms with van der Waals surface area (Å²) in [7, 11) is 0. The van der Waals surface area contributed by atoms with Crippen molar-refractivity contribution in [1.29, 1.82) is 0 Å². The van der Waals surface area contributed by atoms with Crippen LogP contribution in [-0.4, -0.2) is 41.4 Å². The third kappa shape index (κ3) is 2.92. The van der Waals surface area contributed by atoms with Gasteiger partial charge in [-0.15, -0.1) is 23.5 Å². The fraction of sp³-hybridized carbons (Fsp3) is 0.933. The largest absolute Gasteiger partial charge is 0.349 e. The molecule has 3 fully saturated rings. The van der Waals surface area contributed by atoms with Crippen molar-refractivity contribution in [2.75, 3.05) is 24.7 Å². The summed E-state index contributed by atoms with van der Waals surface area (Å²) in [5.41, 5.74) is 0.0892. The van der Waals surface area contributed by atoms with Crippen LogP contribution in [0.1, 0.15) is 33.1 Å². The maximum absolute atomic E-state index is 11.4. The molecule has 2 heterocycles. The summed E-state index contributed by atoms with van der Waals surface area (Å²) in [5.74, 6) is 2.33. The molecule has 2 saturated heterocycles. The van der Waals surface area contributed by atoms with Gasteiger partial charge in [-0.05, 0) is 12.8 Å². The fourth-order valence-electron chi connectivity index (χ4n) is 3.43. The summed E-state index contributed by atoms with van der Waals surface area (Å²) in [6, 6.07) is 0. The van der Waals surface area contributed by atoms with Crippen molar-refractivity contribution in [3.05, 3.63) is 0 Å². The predicted octanol–water partition coefficient (Wildman–Crippen LogP) is 3.18. The van der Waals surface area contributed by atoms with E-state index in [0.29, 0.717) is 4.58 Å². The van der Waals surface area contributed by atoms with E-state index in [0.717, 1.165) is 38.8 Å². The average molecular weight is 316 g/mol. The molecule has 2 aliphatic heterocycles. The van der Waals surface area contributed by atoms with Gasteiger partial charge in [0.05, 0.1) is 17.8 Å². The number of thioether (sulfide) groups is 2. The minimum absolute atomic E-state index is 0.0892. The van der Waals surface area contributed by atoms with Crippen LogP contribution in [0, 0.1) is 17.3 Å². The Balaban J connectivity index is 1.73. The van der Waals surface area contributed by atoms with Gasteiger partial charge in [0.1, 0.15) is 6.29 Å². The summed E-state index contributed by atoms with van der Waals surface area (Å²) < 4.78 is 13.0. The second-order valence-corrected chi connectivity index (χ2v) is 9.82. The van der Waals surface area contributed by atoms with Gasteiger partial charge in [0.25, 0.3) is 0 Å². The summed E-state index contributed by atoms with van der Waals surface area (Å²) >= 11 is 4.05. The van der Waals surface area contributed by atoms with E-state index in [-0.39, 0.29) is 17.3 Å². The number of hydrogen-bond acceptors (Lipinski definition) is 5. The highest BCUT2D eigenvalue weighted by atomic mass is 32.2. The maximum atomic E-state index is 11.4. The van der Waals surface area contributed by atoms with E-state index in [4.69, 9.17) is 9.47 Å². The Labute approximate surface area is 129 Å². The molecule has 0 N–H and O–H groups in total. The van der Waals surface area contributed by atoms with Crippen LogP contribution in [0.5, 0.6) is 0 Å². The lowest BCUT2D eigenvalue weighted by molar-refractivity contribution is -0.315. The van der Waals surface area contributed by atoms with Gasteiger partial charge in [0.15, 0.2) is 5.79 Å². The number of hydrogen-bond donors (Lipinski definition) is 0. The second-order valence-electron chi connectivity index (χ2n) is 6.91. The molecule has 20 heavy (non-hydrogen) atoms. The second kappa shape index (κ2) is 5.82. The normalized spacial score (nSPS) is 36.5. The van der Waals surface area contributed by atoms with Crippen LogP contribution in [0.15, 0.2) is 0 Å². The van der Waals surface area contributed by atoms with Crippen molar-refractivity contribution in [3.8, 4) is 0 Å². The van der Waals surface area contributed by atoms with Gasteiger partial charge in [-0.2, -0.15) is 0 Å². The Morgan fingerprint density at radius 1 is 1.20 bits per heavy atom. The lowest BCUT2D eigenvalue weighted by Crippen LogP contribution is -2.51. The molecule has 2 unspecified atom stereocenters. The minimum atomic E-state index is -0.481. The first-order chi connectivity index (χ1) is 9.55. The van der Waals surface area contributed by atoms with Gasteiger partial charge in [0.2, 0.25) is 0 Å². The SMILES string of the molecule is CC1(C)COC2(CCC(C=O)C2CC2SCCS2)OC1. The Morgan fingerprint density at radius 2 is 1.85 bits per heavy atom. The van der Waals surface area contributed by atoms with Gasteiger partial charge in [0, 0.05) is 35.2 Å². The number of carbonyl (C=O) groups is 1. The molecule has 0 aromatic heterocycles. The van der Waals surface area contributed by atoms with E-state index < -0.39 is 5.79 Å². The lowest BCUT2D eigenvalue weighted by Gasteiger charge is -2.45. The van der Waals surface area contributed by atoms with Crippen LogP contribution < -0.4 is 0 Å². The Kier molecular flexibility index (Phi) is 4.42. The number of rotatable bonds is 3.